The molecule has 1 aromatic carbocycles. The van der Waals surface area contributed by atoms with Crippen molar-refractivity contribution in [2.45, 2.75) is 6.42 Å². The van der Waals surface area contributed by atoms with Crippen molar-refractivity contribution in [2.24, 2.45) is 0 Å². The Morgan fingerprint density at radius 1 is 1.53 bits per heavy atom. The first-order chi connectivity index (χ1) is 8.82. The van der Waals surface area contributed by atoms with Gasteiger partial charge in [-0.05, 0) is 0 Å². The van der Waals surface area contributed by atoms with E-state index in [0.717, 1.165) is 12.1 Å². The molecule has 0 saturated heterocycles. The highest BCUT2D eigenvalue weighted by molar-refractivity contribution is 6.31. The normalized spacial score (nSPS) is 10.1. The maximum Gasteiger partial charge on any atom is 0.294 e. The van der Waals surface area contributed by atoms with Crippen molar-refractivity contribution >= 4 is 28.9 Å². The molecule has 1 N–H and O–H groups in total. The highest BCUT2D eigenvalue weighted by Gasteiger charge is 2.17. The van der Waals surface area contributed by atoms with E-state index < -0.39 is 10.7 Å². The Kier molecular flexibility index (Phi) is 5.05. The predicted octanol–water partition coefficient (Wildman–Crippen LogP) is 2.28. The number of anilines is 1. The molecule has 8 heteroatoms. The molecule has 0 aliphatic heterocycles. The molecular weight excluding hydrogens is 277 g/mol. The Morgan fingerprint density at radius 3 is 2.68 bits per heavy atom. The molecular formula is C11H13ClFN3O3. The fraction of sp³-hybridized carbons (Fsp3) is 0.364. The number of hydrogen-bond acceptors (Lipinski definition) is 4. The number of nitrogens with one attached hydrogen (secondary N) is 1. The molecule has 0 fully saturated rings. The second kappa shape index (κ2) is 6.33. The number of carbonyl (C=O) groups is 1. The highest BCUT2D eigenvalue weighted by Crippen LogP contribution is 2.30. The standard InChI is InChI=1S/C11H13ClFN3O3/c1-15(2)11(17)3-4-14-9-6-8(13)7(12)5-10(9)16(18)19/h5-6,14H,3-4H2,1-2H3. The lowest BCUT2D eigenvalue weighted by atomic mass is 10.2. The summed E-state index contributed by atoms with van der Waals surface area (Å²) in [6.45, 7) is 0.166. The van der Waals surface area contributed by atoms with Gasteiger partial charge in [0.05, 0.1) is 9.95 Å². The summed E-state index contributed by atoms with van der Waals surface area (Å²) >= 11 is 5.49. The number of halogens is 2. The van der Waals surface area contributed by atoms with Crippen LogP contribution >= 0.6 is 11.6 Å². The van der Waals surface area contributed by atoms with Gasteiger partial charge in [-0.3, -0.25) is 14.9 Å². The minimum absolute atomic E-state index is 0.00143. The van der Waals surface area contributed by atoms with Crippen molar-refractivity contribution in [1.82, 2.24) is 4.90 Å². The molecule has 1 rings (SSSR count). The fourth-order valence-electron chi connectivity index (χ4n) is 1.36. The first-order valence-corrected chi connectivity index (χ1v) is 5.78. The number of carbonyl (C=O) groups excluding carboxylic acids is 1. The number of benzene rings is 1. The van der Waals surface area contributed by atoms with E-state index in [9.17, 15) is 19.3 Å². The van der Waals surface area contributed by atoms with Crippen molar-refractivity contribution < 1.29 is 14.1 Å². The molecule has 19 heavy (non-hydrogen) atoms. The topological polar surface area (TPSA) is 75.5 Å². The van der Waals surface area contributed by atoms with Crippen LogP contribution in [0.3, 0.4) is 0 Å². The van der Waals surface area contributed by atoms with Gasteiger partial charge in [-0.1, -0.05) is 11.6 Å². The Morgan fingerprint density at radius 2 is 2.16 bits per heavy atom. The first-order valence-electron chi connectivity index (χ1n) is 5.40. The molecule has 0 heterocycles. The van der Waals surface area contributed by atoms with E-state index in [1.807, 2.05) is 0 Å². The van der Waals surface area contributed by atoms with Gasteiger partial charge in [-0.2, -0.15) is 0 Å². The third kappa shape index (κ3) is 4.06. The lowest BCUT2D eigenvalue weighted by molar-refractivity contribution is -0.384. The number of nitrogens with zero attached hydrogens (tertiary/aromatic N) is 2. The summed E-state index contributed by atoms with van der Waals surface area (Å²) in [4.78, 5) is 22.9. The van der Waals surface area contributed by atoms with Crippen LogP contribution in [0.4, 0.5) is 15.8 Å². The second-order valence-corrected chi connectivity index (χ2v) is 4.41. The van der Waals surface area contributed by atoms with E-state index in [-0.39, 0.29) is 35.3 Å². The maximum atomic E-state index is 13.3. The molecule has 0 aromatic heterocycles. The number of amides is 1. The van der Waals surface area contributed by atoms with Crippen molar-refractivity contribution in [3.63, 3.8) is 0 Å². The lowest BCUT2D eigenvalue weighted by Crippen LogP contribution is -2.24. The van der Waals surface area contributed by atoms with Gasteiger partial charge < -0.3 is 10.2 Å². The molecule has 0 spiro atoms. The van der Waals surface area contributed by atoms with E-state index in [4.69, 9.17) is 11.6 Å². The fourth-order valence-corrected chi connectivity index (χ4v) is 1.51. The average Bonchev–Trinajstić information content (AvgIpc) is 2.32. The zero-order chi connectivity index (χ0) is 14.6. The average molecular weight is 290 g/mol. The summed E-state index contributed by atoms with van der Waals surface area (Å²) in [6.07, 6.45) is 0.147. The zero-order valence-corrected chi connectivity index (χ0v) is 11.2. The van der Waals surface area contributed by atoms with Crippen LogP contribution in [0.25, 0.3) is 0 Å². The Balaban J connectivity index is 2.80. The number of nitro benzene ring substituents is 1. The van der Waals surface area contributed by atoms with E-state index in [2.05, 4.69) is 5.32 Å². The molecule has 1 amide bonds. The lowest BCUT2D eigenvalue weighted by Gasteiger charge is -2.11. The molecule has 0 saturated carbocycles. The van der Waals surface area contributed by atoms with Crippen LogP contribution in [0.5, 0.6) is 0 Å². The van der Waals surface area contributed by atoms with E-state index in [0.29, 0.717) is 0 Å². The molecule has 0 aliphatic rings. The highest BCUT2D eigenvalue weighted by atomic mass is 35.5. The van der Waals surface area contributed by atoms with Crippen LogP contribution in [0.1, 0.15) is 6.42 Å². The summed E-state index contributed by atoms with van der Waals surface area (Å²) in [5.41, 5.74) is -0.331. The number of nitro groups is 1. The largest absolute Gasteiger partial charge is 0.379 e. The van der Waals surface area contributed by atoms with Crippen molar-refractivity contribution in [3.8, 4) is 0 Å². The predicted molar refractivity (Wildman–Crippen MR) is 69.9 cm³/mol. The molecule has 0 bridgehead atoms. The Bertz CT molecular complexity index is 508. The van der Waals surface area contributed by atoms with Gasteiger partial charge in [0.15, 0.2) is 0 Å². The Hall–Kier alpha value is -1.89. The van der Waals surface area contributed by atoms with Gasteiger partial charge in [0.25, 0.3) is 5.69 Å². The summed E-state index contributed by atoms with van der Waals surface area (Å²) in [6, 6.07) is 1.88. The summed E-state index contributed by atoms with van der Waals surface area (Å²) in [7, 11) is 3.21. The van der Waals surface area contributed by atoms with Gasteiger partial charge in [0.2, 0.25) is 5.91 Å². The van der Waals surface area contributed by atoms with Crippen LogP contribution in [-0.2, 0) is 4.79 Å². The third-order valence-electron chi connectivity index (χ3n) is 2.39. The van der Waals surface area contributed by atoms with Crippen LogP contribution in [0.15, 0.2) is 12.1 Å². The van der Waals surface area contributed by atoms with Crippen LogP contribution in [-0.4, -0.2) is 36.4 Å². The molecule has 1 aromatic rings. The number of hydrogen-bond donors (Lipinski definition) is 1. The minimum Gasteiger partial charge on any atom is -0.379 e. The van der Waals surface area contributed by atoms with Gasteiger partial charge in [-0.25, -0.2) is 4.39 Å². The molecule has 0 radical (unpaired) electrons. The van der Waals surface area contributed by atoms with Crippen molar-refractivity contribution in [3.05, 3.63) is 33.1 Å². The molecule has 0 aliphatic carbocycles. The van der Waals surface area contributed by atoms with Gasteiger partial charge >= 0.3 is 0 Å². The zero-order valence-electron chi connectivity index (χ0n) is 10.4. The third-order valence-corrected chi connectivity index (χ3v) is 2.68. The molecule has 0 unspecified atom stereocenters. The van der Waals surface area contributed by atoms with E-state index in [1.54, 1.807) is 14.1 Å². The van der Waals surface area contributed by atoms with Gasteiger partial charge in [0.1, 0.15) is 11.5 Å². The quantitative estimate of drug-likeness (QED) is 0.666. The van der Waals surface area contributed by atoms with Crippen molar-refractivity contribution in [2.75, 3.05) is 26.0 Å². The smallest absolute Gasteiger partial charge is 0.294 e. The SMILES string of the molecule is CN(C)C(=O)CCNc1cc(F)c(Cl)cc1[N+](=O)[O-]. The minimum atomic E-state index is -0.756. The van der Waals surface area contributed by atoms with Gasteiger partial charge in [0, 0.05) is 39.2 Å². The monoisotopic (exact) mass is 289 g/mol. The molecule has 0 atom stereocenters. The van der Waals surface area contributed by atoms with Crippen LogP contribution in [0.2, 0.25) is 5.02 Å². The van der Waals surface area contributed by atoms with Crippen molar-refractivity contribution in [1.29, 1.82) is 0 Å². The number of rotatable bonds is 5. The van der Waals surface area contributed by atoms with Crippen LogP contribution in [0, 0.1) is 15.9 Å². The molecule has 6 nitrogen and oxygen atoms in total. The maximum absolute atomic E-state index is 13.3. The summed E-state index contributed by atoms with van der Waals surface area (Å²) in [5, 5.41) is 13.1. The van der Waals surface area contributed by atoms with E-state index >= 15 is 0 Å². The summed E-state index contributed by atoms with van der Waals surface area (Å²) < 4.78 is 13.3. The van der Waals surface area contributed by atoms with E-state index in [1.165, 1.54) is 4.90 Å². The molecule has 104 valence electrons. The second-order valence-electron chi connectivity index (χ2n) is 4.01. The van der Waals surface area contributed by atoms with Gasteiger partial charge in [-0.15, -0.1) is 0 Å². The Labute approximate surface area is 114 Å². The van der Waals surface area contributed by atoms with Crippen LogP contribution < -0.4 is 5.32 Å². The summed E-state index contributed by atoms with van der Waals surface area (Å²) in [5.74, 6) is -0.890. The first kappa shape index (κ1) is 15.2.